The number of hydrogen-bond acceptors (Lipinski definition) is 7. The van der Waals surface area contributed by atoms with Crippen LogP contribution in [0.2, 0.25) is 5.02 Å². The van der Waals surface area contributed by atoms with E-state index in [0.29, 0.717) is 34.5 Å². The van der Waals surface area contributed by atoms with Crippen LogP contribution in [0.15, 0.2) is 70.0 Å². The Hall–Kier alpha value is -3.49. The van der Waals surface area contributed by atoms with E-state index in [1.54, 1.807) is 73.7 Å². The van der Waals surface area contributed by atoms with Gasteiger partial charge in [0.25, 0.3) is 11.1 Å². The van der Waals surface area contributed by atoms with Crippen molar-refractivity contribution in [2.45, 2.75) is 6.92 Å². The number of nitrogens with zero attached hydrogens (tertiary/aromatic N) is 1. The van der Waals surface area contributed by atoms with Gasteiger partial charge in [0.1, 0.15) is 23.9 Å². The van der Waals surface area contributed by atoms with E-state index < -0.39 is 5.91 Å². The molecule has 0 aliphatic carbocycles. The fourth-order valence-electron chi connectivity index (χ4n) is 3.18. The van der Waals surface area contributed by atoms with Gasteiger partial charge >= 0.3 is 5.97 Å². The Bertz CT molecular complexity index is 1230. The number of esters is 1. The largest absolute Gasteiger partial charge is 0.492 e. The summed E-state index contributed by atoms with van der Waals surface area (Å²) < 4.78 is 16.4. The molecule has 3 aromatic rings. The Balaban J connectivity index is 1.38. The first-order chi connectivity index (χ1) is 16.4. The summed E-state index contributed by atoms with van der Waals surface area (Å²) >= 11 is 6.70. The minimum Gasteiger partial charge on any atom is -0.492 e. The van der Waals surface area contributed by atoms with Gasteiger partial charge in [0.2, 0.25) is 0 Å². The Labute approximate surface area is 205 Å². The molecular weight excluding hydrogens is 478 g/mol. The van der Waals surface area contributed by atoms with Crippen molar-refractivity contribution in [3.8, 4) is 17.1 Å². The highest BCUT2D eigenvalue weighted by molar-refractivity contribution is 8.18. The monoisotopic (exact) mass is 497 g/mol. The summed E-state index contributed by atoms with van der Waals surface area (Å²) in [6, 6.07) is 17.1. The van der Waals surface area contributed by atoms with Gasteiger partial charge in [0.15, 0.2) is 0 Å². The molecule has 0 atom stereocenters. The highest BCUT2D eigenvalue weighted by Gasteiger charge is 2.35. The summed E-state index contributed by atoms with van der Waals surface area (Å²) in [6.07, 6.45) is 1.54. The fourth-order valence-corrected chi connectivity index (χ4v) is 4.15. The van der Waals surface area contributed by atoms with Crippen molar-refractivity contribution in [2.24, 2.45) is 0 Å². The lowest BCUT2D eigenvalue weighted by Crippen LogP contribution is -2.32. The lowest BCUT2D eigenvalue weighted by molar-refractivity contribution is -0.123. The third kappa shape index (κ3) is 5.52. The molecule has 1 aliphatic heterocycles. The fraction of sp³-hybridized carbons (Fsp3) is 0.160. The van der Waals surface area contributed by atoms with Crippen molar-refractivity contribution in [3.05, 3.63) is 81.9 Å². The molecule has 0 spiro atoms. The summed E-state index contributed by atoms with van der Waals surface area (Å²) in [5.41, 5.74) is 1.21. The lowest BCUT2D eigenvalue weighted by Gasteiger charge is -2.13. The van der Waals surface area contributed by atoms with Crippen LogP contribution in [0.4, 0.5) is 4.79 Å². The Morgan fingerprint density at radius 3 is 2.50 bits per heavy atom. The summed E-state index contributed by atoms with van der Waals surface area (Å²) in [4.78, 5) is 38.2. The van der Waals surface area contributed by atoms with Crippen molar-refractivity contribution in [1.29, 1.82) is 0 Å². The average molecular weight is 498 g/mol. The van der Waals surface area contributed by atoms with E-state index >= 15 is 0 Å². The molecule has 0 unspecified atom stereocenters. The highest BCUT2D eigenvalue weighted by atomic mass is 35.5. The van der Waals surface area contributed by atoms with Crippen LogP contribution >= 0.6 is 23.4 Å². The number of carbonyl (C=O) groups is 3. The number of amides is 2. The van der Waals surface area contributed by atoms with Crippen LogP contribution in [0.25, 0.3) is 17.4 Å². The van der Waals surface area contributed by atoms with E-state index in [4.69, 9.17) is 25.5 Å². The number of furan rings is 1. The zero-order chi connectivity index (χ0) is 24.1. The number of rotatable bonds is 8. The molecule has 2 heterocycles. The molecule has 2 aromatic carbocycles. The zero-order valence-corrected chi connectivity index (χ0v) is 19.7. The number of thioether (sulfide) groups is 1. The molecular formula is C25H20ClNO6S. The Morgan fingerprint density at radius 1 is 1.06 bits per heavy atom. The minimum atomic E-state index is -0.397. The molecule has 0 saturated carbocycles. The molecule has 2 amide bonds. The Morgan fingerprint density at radius 2 is 1.79 bits per heavy atom. The van der Waals surface area contributed by atoms with Gasteiger partial charge in [0, 0.05) is 16.7 Å². The number of hydrogen-bond donors (Lipinski definition) is 0. The van der Waals surface area contributed by atoms with Gasteiger partial charge in [-0.05, 0) is 67.2 Å². The van der Waals surface area contributed by atoms with Gasteiger partial charge in [-0.2, -0.15) is 0 Å². The van der Waals surface area contributed by atoms with E-state index in [0.717, 1.165) is 22.2 Å². The van der Waals surface area contributed by atoms with Gasteiger partial charge in [-0.3, -0.25) is 14.5 Å². The van der Waals surface area contributed by atoms with Crippen LogP contribution in [0, 0.1) is 0 Å². The second kappa shape index (κ2) is 10.6. The van der Waals surface area contributed by atoms with Gasteiger partial charge in [0.05, 0.1) is 23.6 Å². The summed E-state index contributed by atoms with van der Waals surface area (Å²) in [7, 11) is 0. The van der Waals surface area contributed by atoms with E-state index in [9.17, 15) is 14.4 Å². The minimum absolute atomic E-state index is 0.126. The first kappa shape index (κ1) is 23.7. The van der Waals surface area contributed by atoms with E-state index in [-0.39, 0.29) is 29.3 Å². The maximum absolute atomic E-state index is 12.7. The first-order valence-electron chi connectivity index (χ1n) is 10.5. The molecule has 7 nitrogen and oxygen atoms in total. The van der Waals surface area contributed by atoms with Gasteiger partial charge in [-0.15, -0.1) is 0 Å². The van der Waals surface area contributed by atoms with E-state index in [1.165, 1.54) is 0 Å². The number of benzene rings is 2. The smallest absolute Gasteiger partial charge is 0.338 e. The average Bonchev–Trinajstić information content (AvgIpc) is 3.40. The van der Waals surface area contributed by atoms with Gasteiger partial charge in [-0.25, -0.2) is 4.79 Å². The predicted molar refractivity (Wildman–Crippen MR) is 130 cm³/mol. The molecule has 9 heteroatoms. The van der Waals surface area contributed by atoms with Gasteiger partial charge in [-0.1, -0.05) is 23.7 Å². The standard InChI is InChI=1S/C25H20ClNO6S/c1-2-31-24(29)17-5-3-16(4-6-17)21-12-11-20(33-21)15-22-23(28)27(25(30)34-22)13-14-32-19-9-7-18(26)8-10-19/h3-12,15H,2,13-14H2,1H3/b22-15-. The second-order valence-electron chi connectivity index (χ2n) is 7.14. The Kier molecular flexibility index (Phi) is 7.40. The molecule has 1 fully saturated rings. The van der Waals surface area contributed by atoms with Crippen LogP contribution in [0.1, 0.15) is 23.0 Å². The zero-order valence-electron chi connectivity index (χ0n) is 18.2. The predicted octanol–water partition coefficient (Wildman–Crippen LogP) is 5.89. The number of imide groups is 1. The van der Waals surface area contributed by atoms with E-state index in [2.05, 4.69) is 0 Å². The van der Waals surface area contributed by atoms with Crippen LogP contribution < -0.4 is 4.74 Å². The molecule has 0 bridgehead atoms. The first-order valence-corrected chi connectivity index (χ1v) is 11.6. The van der Waals surface area contributed by atoms with Crippen LogP contribution in [-0.2, 0) is 9.53 Å². The van der Waals surface area contributed by atoms with Crippen LogP contribution in [0.3, 0.4) is 0 Å². The maximum Gasteiger partial charge on any atom is 0.338 e. The normalized spacial score (nSPS) is 14.6. The summed E-state index contributed by atoms with van der Waals surface area (Å²) in [5.74, 6) is 0.824. The van der Waals surface area contributed by atoms with Crippen LogP contribution in [-0.4, -0.2) is 41.8 Å². The summed E-state index contributed by atoms with van der Waals surface area (Å²) in [6.45, 7) is 2.35. The van der Waals surface area contributed by atoms with Crippen LogP contribution in [0.5, 0.6) is 5.75 Å². The van der Waals surface area contributed by atoms with Crippen molar-refractivity contribution in [1.82, 2.24) is 4.90 Å². The molecule has 0 N–H and O–H groups in total. The maximum atomic E-state index is 12.7. The molecule has 4 rings (SSSR count). The number of ether oxygens (including phenoxy) is 2. The van der Waals surface area contributed by atoms with Gasteiger partial charge < -0.3 is 13.9 Å². The molecule has 174 valence electrons. The third-order valence-electron chi connectivity index (χ3n) is 4.85. The molecule has 0 radical (unpaired) electrons. The second-order valence-corrected chi connectivity index (χ2v) is 8.57. The molecule has 1 aromatic heterocycles. The quantitative estimate of drug-likeness (QED) is 0.283. The highest BCUT2D eigenvalue weighted by Crippen LogP contribution is 2.33. The number of carbonyl (C=O) groups excluding carboxylic acids is 3. The summed E-state index contributed by atoms with van der Waals surface area (Å²) in [5, 5.41) is 0.232. The van der Waals surface area contributed by atoms with Crippen molar-refractivity contribution < 1.29 is 28.3 Å². The lowest BCUT2D eigenvalue weighted by atomic mass is 10.1. The third-order valence-corrected chi connectivity index (χ3v) is 6.01. The topological polar surface area (TPSA) is 86.0 Å². The number of halogens is 1. The SMILES string of the molecule is CCOC(=O)c1ccc(-c2ccc(/C=C3\SC(=O)N(CCOc4ccc(Cl)cc4)C3=O)o2)cc1. The van der Waals surface area contributed by atoms with Crippen molar-refractivity contribution in [3.63, 3.8) is 0 Å². The molecule has 34 heavy (non-hydrogen) atoms. The van der Waals surface area contributed by atoms with Crippen molar-refractivity contribution >= 4 is 46.6 Å². The molecule has 1 saturated heterocycles. The van der Waals surface area contributed by atoms with Crippen molar-refractivity contribution in [2.75, 3.05) is 19.8 Å². The van der Waals surface area contributed by atoms with E-state index in [1.807, 2.05) is 0 Å². The molecule has 1 aliphatic rings.